The van der Waals surface area contributed by atoms with E-state index < -0.39 is 0 Å². The van der Waals surface area contributed by atoms with Crippen molar-refractivity contribution in [2.75, 3.05) is 64.8 Å². The first kappa shape index (κ1) is 39.7. The van der Waals surface area contributed by atoms with Crippen molar-refractivity contribution in [1.29, 1.82) is 0 Å². The largest absolute Gasteiger partial charge is 0.493 e. The van der Waals surface area contributed by atoms with Crippen LogP contribution >= 0.6 is 11.8 Å². The Morgan fingerprint density at radius 3 is 2.34 bits per heavy atom. The van der Waals surface area contributed by atoms with E-state index in [0.29, 0.717) is 87.5 Å². The average molecular weight is 752 g/mol. The number of fused-ring (bicyclic) bond motifs is 2. The van der Waals surface area contributed by atoms with Crippen molar-refractivity contribution in [2.24, 2.45) is 5.10 Å². The lowest BCUT2D eigenvalue weighted by molar-refractivity contribution is -0.121. The standard InChI is InChI=1S/C38H53N7O7S/c1-39-45-36(28-19-26-22-31(49-2)32(50-3)23-27(26)20-28)42-29-10-6-9-25(21-29)37(47)41-14-8-16-52-18-17-51-15-5-4-13-40-34(46)12-7-11-33-35-30(24-53-33)43-38(48)44-35/h6,9-10,21-23,30,33,35,42,45H,1,4-5,7-8,11-20,24H2,2-3H3,(H,40,46)(H,41,47)(H2,43,44,48). The summed E-state index contributed by atoms with van der Waals surface area (Å²) in [6, 6.07) is 11.7. The van der Waals surface area contributed by atoms with Gasteiger partial charge < -0.3 is 45.5 Å². The summed E-state index contributed by atoms with van der Waals surface area (Å²) in [7, 11) is 3.26. The number of nitrogens with one attached hydrogen (secondary N) is 6. The number of ether oxygens (including phenoxy) is 4. The molecule has 6 N–H and O–H groups in total. The maximum Gasteiger partial charge on any atom is 0.315 e. The zero-order chi connectivity index (χ0) is 37.4. The molecule has 0 bridgehead atoms. The van der Waals surface area contributed by atoms with Gasteiger partial charge in [-0.1, -0.05) is 6.07 Å². The lowest BCUT2D eigenvalue weighted by Crippen LogP contribution is -2.37. The minimum absolute atomic E-state index is 0.0749. The Labute approximate surface area is 315 Å². The summed E-state index contributed by atoms with van der Waals surface area (Å²) in [5.74, 6) is 2.95. The number of thioether (sulfide) groups is 1. The highest BCUT2D eigenvalue weighted by Crippen LogP contribution is 2.37. The Kier molecular flexibility index (Phi) is 15.5. The number of anilines is 1. The molecule has 0 aromatic heterocycles. The number of hydrazone groups is 1. The molecule has 2 aliphatic heterocycles. The Balaban J connectivity index is 0.883. The van der Waals surface area contributed by atoms with E-state index >= 15 is 0 Å². The first-order chi connectivity index (χ1) is 25.9. The number of methoxy groups -OCH3 is 2. The van der Waals surface area contributed by atoms with Crippen LogP contribution in [0.15, 0.2) is 52.9 Å². The van der Waals surface area contributed by atoms with Crippen LogP contribution in [0.1, 0.15) is 60.0 Å². The van der Waals surface area contributed by atoms with Gasteiger partial charge in [0.2, 0.25) is 5.91 Å². The number of rotatable bonds is 23. The van der Waals surface area contributed by atoms with Crippen LogP contribution < -0.4 is 41.5 Å². The summed E-state index contributed by atoms with van der Waals surface area (Å²) < 4.78 is 22.3. The number of carbonyl (C=O) groups is 3. The summed E-state index contributed by atoms with van der Waals surface area (Å²) in [6.07, 6.45) is 6.07. The van der Waals surface area contributed by atoms with Gasteiger partial charge in [-0.25, -0.2) is 4.79 Å². The topological polar surface area (TPSA) is 173 Å². The summed E-state index contributed by atoms with van der Waals surface area (Å²) in [6.45, 7) is 6.83. The predicted octanol–water partition coefficient (Wildman–Crippen LogP) is 3.72. The van der Waals surface area contributed by atoms with E-state index in [0.717, 1.165) is 59.6 Å². The number of unbranched alkanes of at least 4 members (excludes halogenated alkanes) is 1. The quantitative estimate of drug-likeness (QED) is 0.0426. The minimum Gasteiger partial charge on any atom is -0.493 e. The van der Waals surface area contributed by atoms with E-state index in [2.05, 4.69) is 43.8 Å². The van der Waals surface area contributed by atoms with Gasteiger partial charge in [-0.2, -0.15) is 16.9 Å². The fourth-order valence-corrected chi connectivity index (χ4v) is 8.24. The molecule has 3 aliphatic rings. The number of carbonyl (C=O) groups excluding carboxylic acids is 3. The van der Waals surface area contributed by atoms with Crippen LogP contribution in [0, 0.1) is 0 Å². The number of amides is 4. The van der Waals surface area contributed by atoms with Crippen molar-refractivity contribution >= 4 is 42.0 Å². The highest BCUT2D eigenvalue weighted by atomic mass is 32.2. The summed E-state index contributed by atoms with van der Waals surface area (Å²) in [5, 5.41) is 19.5. The van der Waals surface area contributed by atoms with Crippen molar-refractivity contribution in [1.82, 2.24) is 26.7 Å². The maximum absolute atomic E-state index is 12.9. The zero-order valence-corrected chi connectivity index (χ0v) is 31.5. The molecule has 2 saturated heterocycles. The number of hydrogen-bond acceptors (Lipinski definition) is 11. The molecule has 0 saturated carbocycles. The molecule has 2 fully saturated rings. The van der Waals surface area contributed by atoms with Gasteiger partial charge >= 0.3 is 6.03 Å². The minimum atomic E-state index is -0.163. The molecular formula is C38H53N7O7S. The Hall–Kier alpha value is -4.47. The van der Waals surface area contributed by atoms with Crippen LogP contribution in [-0.2, 0) is 27.1 Å². The fraction of sp³-hybridized carbons (Fsp3) is 0.526. The molecule has 2 aromatic carbocycles. The van der Waals surface area contributed by atoms with Crippen molar-refractivity contribution in [2.45, 2.75) is 68.7 Å². The van der Waals surface area contributed by atoms with Gasteiger partial charge in [0.05, 0.1) is 39.5 Å². The molecule has 15 heteroatoms. The first-order valence-electron chi connectivity index (χ1n) is 18.3. The van der Waals surface area contributed by atoms with E-state index in [4.69, 9.17) is 18.9 Å². The molecule has 1 aliphatic carbocycles. The fourth-order valence-electron chi connectivity index (χ4n) is 6.70. The van der Waals surface area contributed by atoms with Crippen molar-refractivity contribution in [3.8, 4) is 11.5 Å². The molecule has 14 nitrogen and oxygen atoms in total. The van der Waals surface area contributed by atoms with Crippen LogP contribution in [0.25, 0.3) is 0 Å². The monoisotopic (exact) mass is 751 g/mol. The summed E-state index contributed by atoms with van der Waals surface area (Å²) in [5.41, 5.74) is 7.69. The molecule has 3 atom stereocenters. The average Bonchev–Trinajstić information content (AvgIpc) is 3.86. The Bertz CT molecular complexity index is 1570. The van der Waals surface area contributed by atoms with Crippen molar-refractivity contribution < 1.29 is 33.3 Å². The second-order valence-corrected chi connectivity index (χ2v) is 14.5. The smallest absolute Gasteiger partial charge is 0.315 e. The van der Waals surface area contributed by atoms with Crippen molar-refractivity contribution in [3.63, 3.8) is 0 Å². The van der Waals surface area contributed by atoms with E-state index in [9.17, 15) is 14.4 Å². The predicted molar refractivity (Wildman–Crippen MR) is 207 cm³/mol. The van der Waals surface area contributed by atoms with Crippen molar-refractivity contribution in [3.05, 3.63) is 64.5 Å². The van der Waals surface area contributed by atoms with Gasteiger partial charge in [0.1, 0.15) is 5.82 Å². The van der Waals surface area contributed by atoms with Crippen LogP contribution in [0.4, 0.5) is 10.5 Å². The lowest BCUT2D eigenvalue weighted by atomic mass is 10.0. The second-order valence-electron chi connectivity index (χ2n) is 13.2. The molecule has 3 unspecified atom stereocenters. The third-order valence-electron chi connectivity index (χ3n) is 9.44. The normalized spacial score (nSPS) is 18.3. The molecule has 288 valence electrons. The molecular weight excluding hydrogens is 699 g/mol. The van der Waals surface area contributed by atoms with Crippen LogP contribution in [0.3, 0.4) is 0 Å². The molecule has 0 radical (unpaired) electrons. The highest BCUT2D eigenvalue weighted by molar-refractivity contribution is 8.00. The first-order valence-corrected chi connectivity index (χ1v) is 19.4. The van der Waals surface area contributed by atoms with Gasteiger partial charge in [0.15, 0.2) is 11.5 Å². The molecule has 0 spiro atoms. The lowest BCUT2D eigenvalue weighted by Gasteiger charge is -2.16. The number of urea groups is 1. The number of allylic oxidation sites excluding steroid dienone is 1. The van der Waals surface area contributed by atoms with Gasteiger partial charge in [-0.15, -0.1) is 0 Å². The second kappa shape index (κ2) is 20.7. The summed E-state index contributed by atoms with van der Waals surface area (Å²) >= 11 is 1.87. The van der Waals surface area contributed by atoms with E-state index in [1.165, 1.54) is 0 Å². The Morgan fingerprint density at radius 2 is 1.62 bits per heavy atom. The number of hydrogen-bond donors (Lipinski definition) is 6. The zero-order valence-electron chi connectivity index (χ0n) is 30.7. The SMILES string of the molecule is C=NNC(Nc1cccc(C(=O)NCCCOCCOCCCCNC(=O)CCCC2SCC3NC(=O)NC32)c1)=C1Cc2cc(OC)c(OC)cc2C1. The van der Waals surface area contributed by atoms with E-state index in [1.54, 1.807) is 26.4 Å². The van der Waals surface area contributed by atoms with Gasteiger partial charge in [-0.3, -0.25) is 15.0 Å². The number of nitrogens with zero attached hydrogens (tertiary/aromatic N) is 1. The van der Waals surface area contributed by atoms with Crippen LogP contribution in [-0.4, -0.2) is 101 Å². The van der Waals surface area contributed by atoms with Gasteiger partial charge in [0, 0.05) is 61.7 Å². The third-order valence-corrected chi connectivity index (χ3v) is 11.0. The van der Waals surface area contributed by atoms with Gasteiger partial charge in [-0.05, 0) is 92.0 Å². The van der Waals surface area contributed by atoms with Crippen LogP contribution in [0.2, 0.25) is 0 Å². The molecule has 53 heavy (non-hydrogen) atoms. The van der Waals surface area contributed by atoms with Crippen LogP contribution in [0.5, 0.6) is 11.5 Å². The van der Waals surface area contributed by atoms with Gasteiger partial charge in [0.25, 0.3) is 5.91 Å². The van der Waals surface area contributed by atoms with E-state index in [1.807, 2.05) is 36.0 Å². The molecule has 2 heterocycles. The maximum atomic E-state index is 12.9. The number of benzene rings is 2. The molecule has 4 amide bonds. The molecule has 5 rings (SSSR count). The van der Waals surface area contributed by atoms with E-state index in [-0.39, 0.29) is 29.9 Å². The summed E-state index contributed by atoms with van der Waals surface area (Å²) in [4.78, 5) is 36.5. The Morgan fingerprint density at radius 1 is 0.906 bits per heavy atom. The highest BCUT2D eigenvalue weighted by Gasteiger charge is 2.42. The third kappa shape index (κ3) is 11.8. The molecule has 2 aromatic rings.